The summed E-state index contributed by atoms with van der Waals surface area (Å²) in [4.78, 5) is 38.4. The summed E-state index contributed by atoms with van der Waals surface area (Å²) in [7, 11) is 3.00. The van der Waals surface area contributed by atoms with Crippen LogP contribution in [-0.4, -0.2) is 72.9 Å². The van der Waals surface area contributed by atoms with Crippen LogP contribution in [0, 0.1) is 0 Å². The molecule has 202 valence electrons. The van der Waals surface area contributed by atoms with Crippen LogP contribution in [0.5, 0.6) is 17.2 Å². The molecular weight excluding hydrogens is 480 g/mol. The fraction of sp³-hybridized carbons (Fsp3) is 0.423. The number of nitrogens with one attached hydrogen (secondary N) is 3. The summed E-state index contributed by atoms with van der Waals surface area (Å²) < 4.78 is 10.6. The predicted octanol–water partition coefficient (Wildman–Crippen LogP) is 0.00840. The number of hydrogen-bond donors (Lipinski definition) is 6. The lowest BCUT2D eigenvalue weighted by Gasteiger charge is -2.24. The summed E-state index contributed by atoms with van der Waals surface area (Å²) in [5.41, 5.74) is 7.44. The number of aliphatic hydroxyl groups is 1. The molecule has 0 fully saturated rings. The average molecular weight is 517 g/mol. The second-order valence-electron chi connectivity index (χ2n) is 8.75. The van der Waals surface area contributed by atoms with Crippen molar-refractivity contribution in [3.63, 3.8) is 0 Å². The fourth-order valence-electron chi connectivity index (χ4n) is 3.50. The largest absolute Gasteiger partial charge is 0.508 e. The minimum absolute atomic E-state index is 0.104. The Bertz CT molecular complexity index is 1060. The molecule has 11 nitrogen and oxygen atoms in total. The number of rotatable bonds is 13. The maximum atomic E-state index is 12.9. The van der Waals surface area contributed by atoms with Gasteiger partial charge in [-0.1, -0.05) is 18.2 Å². The van der Waals surface area contributed by atoms with Gasteiger partial charge in [0.15, 0.2) is 11.5 Å². The summed E-state index contributed by atoms with van der Waals surface area (Å²) in [6.45, 7) is 2.85. The zero-order valence-corrected chi connectivity index (χ0v) is 21.5. The van der Waals surface area contributed by atoms with E-state index in [1.54, 1.807) is 37.3 Å². The van der Waals surface area contributed by atoms with Crippen LogP contribution in [0.1, 0.15) is 25.0 Å². The lowest BCUT2D eigenvalue weighted by molar-refractivity contribution is -0.132. The van der Waals surface area contributed by atoms with Crippen molar-refractivity contribution in [2.24, 2.45) is 5.73 Å². The average Bonchev–Trinajstić information content (AvgIpc) is 2.88. The normalized spacial score (nSPS) is 14.0. The number of nitrogens with two attached hydrogens (primary N) is 1. The number of benzene rings is 2. The van der Waals surface area contributed by atoms with E-state index >= 15 is 0 Å². The number of amides is 3. The second-order valence-corrected chi connectivity index (χ2v) is 8.75. The first-order chi connectivity index (χ1) is 17.6. The van der Waals surface area contributed by atoms with Crippen molar-refractivity contribution >= 4 is 17.7 Å². The van der Waals surface area contributed by atoms with Gasteiger partial charge in [-0.3, -0.25) is 14.4 Å². The number of hydrogen-bond acceptors (Lipinski definition) is 8. The van der Waals surface area contributed by atoms with Crippen LogP contribution in [0.4, 0.5) is 0 Å². The molecule has 0 spiro atoms. The van der Waals surface area contributed by atoms with E-state index in [0.29, 0.717) is 17.1 Å². The second kappa shape index (κ2) is 14.0. The zero-order valence-electron chi connectivity index (χ0n) is 21.5. The van der Waals surface area contributed by atoms with Crippen LogP contribution < -0.4 is 31.2 Å². The maximum absolute atomic E-state index is 12.9. The number of methoxy groups -OCH3 is 2. The van der Waals surface area contributed by atoms with E-state index in [2.05, 4.69) is 16.0 Å². The van der Waals surface area contributed by atoms with Crippen LogP contribution >= 0.6 is 0 Å². The molecule has 2 rings (SSSR count). The highest BCUT2D eigenvalue weighted by Crippen LogP contribution is 2.28. The van der Waals surface area contributed by atoms with Crippen LogP contribution in [0.3, 0.4) is 0 Å². The highest BCUT2D eigenvalue weighted by Gasteiger charge is 2.27. The number of phenolic OH excluding ortho intramolecular Hbond substituents is 1. The van der Waals surface area contributed by atoms with Gasteiger partial charge in [0.25, 0.3) is 0 Å². The lowest BCUT2D eigenvalue weighted by Crippen LogP contribution is -2.56. The molecule has 37 heavy (non-hydrogen) atoms. The third-order valence-corrected chi connectivity index (χ3v) is 5.66. The van der Waals surface area contributed by atoms with Crippen molar-refractivity contribution in [2.75, 3.05) is 20.8 Å². The van der Waals surface area contributed by atoms with Gasteiger partial charge in [0.1, 0.15) is 17.8 Å². The molecule has 11 heteroatoms. The van der Waals surface area contributed by atoms with Gasteiger partial charge < -0.3 is 41.4 Å². The third kappa shape index (κ3) is 8.96. The molecule has 4 atom stereocenters. The van der Waals surface area contributed by atoms with Gasteiger partial charge in [0, 0.05) is 12.5 Å². The number of aromatic hydroxyl groups is 1. The molecule has 2 aromatic rings. The number of carbonyl (C=O) groups excluding carboxylic acids is 3. The van der Waals surface area contributed by atoms with E-state index in [9.17, 15) is 24.6 Å². The van der Waals surface area contributed by atoms with E-state index in [-0.39, 0.29) is 25.2 Å². The Morgan fingerprint density at radius 2 is 1.46 bits per heavy atom. The molecule has 0 heterocycles. The molecule has 0 saturated heterocycles. The highest BCUT2D eigenvalue weighted by atomic mass is 16.5. The Morgan fingerprint density at radius 1 is 0.838 bits per heavy atom. The smallest absolute Gasteiger partial charge is 0.243 e. The molecule has 0 aliphatic heterocycles. The molecule has 2 aromatic carbocycles. The SMILES string of the molecule is COc1ccc(CC(NC(=O)[C@@H](C)NC(=O)C(N)Cc2ccc(O)cc2)C(=O)NC(C)CO)cc1OC. The Labute approximate surface area is 216 Å². The summed E-state index contributed by atoms with van der Waals surface area (Å²) in [6.07, 6.45) is 0.334. The number of phenols is 1. The quantitative estimate of drug-likeness (QED) is 0.216. The number of aliphatic hydroxyl groups excluding tert-OH is 1. The standard InChI is InChI=1S/C26H36N4O7/c1-15(14-31)28-26(35)21(12-18-7-10-22(36-3)23(13-18)37-4)30-24(33)16(2)29-25(34)20(27)11-17-5-8-19(32)9-6-17/h5-10,13,15-16,20-21,31-32H,11-12,14,27H2,1-4H3,(H,28,35)(H,29,34)(H,30,33)/t15?,16-,20?,21?/m1/s1. The van der Waals surface area contributed by atoms with Crippen LogP contribution in [0.2, 0.25) is 0 Å². The maximum Gasteiger partial charge on any atom is 0.243 e. The van der Waals surface area contributed by atoms with E-state index in [1.807, 2.05) is 0 Å². The van der Waals surface area contributed by atoms with Crippen molar-refractivity contribution < 1.29 is 34.1 Å². The number of ether oxygens (including phenoxy) is 2. The molecule has 0 radical (unpaired) electrons. The highest BCUT2D eigenvalue weighted by molar-refractivity contribution is 5.93. The van der Waals surface area contributed by atoms with Crippen molar-refractivity contribution in [3.8, 4) is 17.2 Å². The molecule has 3 unspecified atom stereocenters. The van der Waals surface area contributed by atoms with Gasteiger partial charge in [0.05, 0.1) is 26.9 Å². The Kier molecular flexibility index (Phi) is 11.2. The van der Waals surface area contributed by atoms with Gasteiger partial charge in [-0.05, 0) is 55.7 Å². The van der Waals surface area contributed by atoms with Crippen molar-refractivity contribution in [3.05, 3.63) is 53.6 Å². The minimum Gasteiger partial charge on any atom is -0.508 e. The first-order valence-corrected chi connectivity index (χ1v) is 11.8. The number of carbonyl (C=O) groups is 3. The van der Waals surface area contributed by atoms with Gasteiger partial charge in [-0.2, -0.15) is 0 Å². The summed E-state index contributed by atoms with van der Waals surface area (Å²) in [6, 6.07) is 8.04. The monoisotopic (exact) mass is 516 g/mol. The van der Waals surface area contributed by atoms with Gasteiger partial charge >= 0.3 is 0 Å². The van der Waals surface area contributed by atoms with Crippen LogP contribution in [-0.2, 0) is 27.2 Å². The fourth-order valence-corrected chi connectivity index (χ4v) is 3.50. The molecule has 0 aliphatic rings. The molecule has 0 bridgehead atoms. The van der Waals surface area contributed by atoms with Crippen LogP contribution in [0.25, 0.3) is 0 Å². The lowest BCUT2D eigenvalue weighted by atomic mass is 10.0. The van der Waals surface area contributed by atoms with E-state index < -0.39 is 41.9 Å². The molecular formula is C26H36N4O7. The van der Waals surface area contributed by atoms with Crippen molar-refractivity contribution in [2.45, 2.75) is 50.9 Å². The van der Waals surface area contributed by atoms with E-state index in [4.69, 9.17) is 15.2 Å². The predicted molar refractivity (Wildman–Crippen MR) is 137 cm³/mol. The Morgan fingerprint density at radius 3 is 2.05 bits per heavy atom. The van der Waals surface area contributed by atoms with Crippen LogP contribution in [0.15, 0.2) is 42.5 Å². The van der Waals surface area contributed by atoms with E-state index in [1.165, 1.54) is 33.3 Å². The third-order valence-electron chi connectivity index (χ3n) is 5.66. The summed E-state index contributed by atoms with van der Waals surface area (Å²) >= 11 is 0. The minimum atomic E-state index is -0.996. The zero-order chi connectivity index (χ0) is 27.5. The van der Waals surface area contributed by atoms with Gasteiger partial charge in [0.2, 0.25) is 17.7 Å². The molecule has 0 aromatic heterocycles. The van der Waals surface area contributed by atoms with Crippen molar-refractivity contribution in [1.29, 1.82) is 0 Å². The van der Waals surface area contributed by atoms with Gasteiger partial charge in [-0.25, -0.2) is 0 Å². The first-order valence-electron chi connectivity index (χ1n) is 11.8. The summed E-state index contributed by atoms with van der Waals surface area (Å²) in [5, 5.41) is 26.6. The molecule has 0 saturated carbocycles. The van der Waals surface area contributed by atoms with Gasteiger partial charge in [-0.15, -0.1) is 0 Å². The molecule has 7 N–H and O–H groups in total. The Balaban J connectivity index is 2.08. The molecule has 0 aliphatic carbocycles. The van der Waals surface area contributed by atoms with E-state index in [0.717, 1.165) is 5.56 Å². The first kappa shape index (κ1) is 29.4. The topological polar surface area (TPSA) is 172 Å². The Hall–Kier alpha value is -3.83. The molecule has 3 amide bonds. The van der Waals surface area contributed by atoms with Crippen molar-refractivity contribution in [1.82, 2.24) is 16.0 Å². The summed E-state index contributed by atoms with van der Waals surface area (Å²) in [5.74, 6) is -0.519.